The van der Waals surface area contributed by atoms with E-state index in [4.69, 9.17) is 0 Å². The quantitative estimate of drug-likeness (QED) is 0.673. The first-order valence-electron chi connectivity index (χ1n) is 7.58. The number of benzene rings is 1. The van der Waals surface area contributed by atoms with Crippen LogP contribution >= 0.6 is 0 Å². The van der Waals surface area contributed by atoms with Gasteiger partial charge in [-0.15, -0.1) is 0 Å². The van der Waals surface area contributed by atoms with Crippen LogP contribution in [-0.4, -0.2) is 0 Å². The molecular weight excluding hydrogens is 242 g/mol. The Balaban J connectivity index is 2.21. The van der Waals surface area contributed by atoms with E-state index < -0.39 is 0 Å². The molecule has 104 valence electrons. The second-order valence-corrected chi connectivity index (χ2v) is 6.53. The van der Waals surface area contributed by atoms with Crippen LogP contribution in [-0.2, 0) is 7.05 Å². The number of aromatic nitrogens is 1. The Kier molecular flexibility index (Phi) is 3.16. The fourth-order valence-electron chi connectivity index (χ4n) is 3.60. The molecule has 0 N–H and O–H groups in total. The predicted octanol–water partition coefficient (Wildman–Crippen LogP) is 4.41. The van der Waals surface area contributed by atoms with Gasteiger partial charge < -0.3 is 0 Å². The van der Waals surface area contributed by atoms with Gasteiger partial charge in [0, 0.05) is 17.7 Å². The highest BCUT2D eigenvalue weighted by molar-refractivity contribution is 5.65. The van der Waals surface area contributed by atoms with Crippen molar-refractivity contribution in [2.75, 3.05) is 0 Å². The van der Waals surface area contributed by atoms with Crippen LogP contribution < -0.4 is 4.57 Å². The highest BCUT2D eigenvalue weighted by Gasteiger charge is 2.27. The lowest BCUT2D eigenvalue weighted by Crippen LogP contribution is -2.30. The van der Waals surface area contributed by atoms with Gasteiger partial charge in [-0.3, -0.25) is 0 Å². The molecule has 3 rings (SSSR count). The first-order valence-corrected chi connectivity index (χ1v) is 7.58. The highest BCUT2D eigenvalue weighted by Crippen LogP contribution is 2.43. The molecule has 1 aliphatic rings. The van der Waals surface area contributed by atoms with Crippen molar-refractivity contribution in [3.05, 3.63) is 52.7 Å². The zero-order chi connectivity index (χ0) is 14.4. The Hall–Kier alpha value is -1.63. The van der Waals surface area contributed by atoms with Crippen LogP contribution in [0.3, 0.4) is 0 Å². The van der Waals surface area contributed by atoms with Gasteiger partial charge in [0.2, 0.25) is 5.69 Å². The van der Waals surface area contributed by atoms with E-state index in [1.54, 1.807) is 11.1 Å². The average Bonchev–Trinajstić information content (AvgIpc) is 2.67. The molecule has 2 unspecified atom stereocenters. The Morgan fingerprint density at radius 1 is 1.00 bits per heavy atom. The lowest BCUT2D eigenvalue weighted by atomic mass is 9.94. The monoisotopic (exact) mass is 266 g/mol. The van der Waals surface area contributed by atoms with Crippen molar-refractivity contribution >= 4 is 0 Å². The Labute approximate surface area is 122 Å². The van der Waals surface area contributed by atoms with Gasteiger partial charge in [-0.25, -0.2) is 4.57 Å². The standard InChI is InChI=1S/C19H24N/c1-12-6-7-20(5)19(8-12)18-11-17-14(3)9-13(2)16(17)10-15(18)4/h6-8,10-11,13-14H,9H2,1-5H3/q+1. The zero-order valence-corrected chi connectivity index (χ0v) is 13.2. The van der Waals surface area contributed by atoms with Crippen LogP contribution in [0.1, 0.15) is 54.4 Å². The molecule has 1 nitrogen and oxygen atoms in total. The third-order valence-corrected chi connectivity index (χ3v) is 4.78. The molecule has 0 radical (unpaired) electrons. The molecular formula is C19H24N+. The first-order chi connectivity index (χ1) is 9.47. The van der Waals surface area contributed by atoms with Crippen LogP contribution in [0.5, 0.6) is 0 Å². The maximum absolute atomic E-state index is 2.44. The molecule has 1 heterocycles. The second kappa shape index (κ2) is 4.73. The first kappa shape index (κ1) is 13.4. The number of hydrogen-bond acceptors (Lipinski definition) is 0. The molecule has 0 saturated heterocycles. The van der Waals surface area contributed by atoms with Crippen molar-refractivity contribution in [2.45, 2.75) is 46.0 Å². The number of hydrogen-bond donors (Lipinski definition) is 0. The van der Waals surface area contributed by atoms with Crippen LogP contribution in [0.15, 0.2) is 30.5 Å². The Morgan fingerprint density at radius 2 is 1.65 bits per heavy atom. The van der Waals surface area contributed by atoms with E-state index in [1.807, 2.05) is 0 Å². The number of nitrogens with zero attached hydrogens (tertiary/aromatic N) is 1. The smallest absolute Gasteiger partial charge is 0.201 e. The summed E-state index contributed by atoms with van der Waals surface area (Å²) in [6.45, 7) is 9.12. The number of fused-ring (bicyclic) bond motifs is 1. The Morgan fingerprint density at radius 3 is 2.35 bits per heavy atom. The molecule has 2 aromatic rings. The van der Waals surface area contributed by atoms with Crippen LogP contribution in [0.2, 0.25) is 0 Å². The normalized spacial score (nSPS) is 21.1. The van der Waals surface area contributed by atoms with Crippen molar-refractivity contribution in [3.63, 3.8) is 0 Å². The molecule has 0 fully saturated rings. The van der Waals surface area contributed by atoms with E-state index in [0.29, 0.717) is 11.8 Å². The largest absolute Gasteiger partial charge is 0.212 e. The van der Waals surface area contributed by atoms with Crippen LogP contribution in [0.4, 0.5) is 0 Å². The molecule has 1 heteroatoms. The Bertz CT molecular complexity index is 670. The molecule has 0 spiro atoms. The summed E-state index contributed by atoms with van der Waals surface area (Å²) < 4.78 is 2.23. The van der Waals surface area contributed by atoms with Gasteiger partial charge in [0.15, 0.2) is 6.20 Å². The summed E-state index contributed by atoms with van der Waals surface area (Å²) in [6.07, 6.45) is 3.45. The van der Waals surface area contributed by atoms with Crippen molar-refractivity contribution in [1.82, 2.24) is 0 Å². The van der Waals surface area contributed by atoms with Gasteiger partial charge in [0.25, 0.3) is 0 Å². The minimum absolute atomic E-state index is 0.689. The summed E-state index contributed by atoms with van der Waals surface area (Å²) in [4.78, 5) is 0. The summed E-state index contributed by atoms with van der Waals surface area (Å²) in [6, 6.07) is 9.31. The van der Waals surface area contributed by atoms with Crippen LogP contribution in [0, 0.1) is 13.8 Å². The lowest BCUT2D eigenvalue weighted by molar-refractivity contribution is -0.660. The van der Waals surface area contributed by atoms with E-state index in [1.165, 1.54) is 28.8 Å². The van der Waals surface area contributed by atoms with Gasteiger partial charge in [0.05, 0.1) is 0 Å². The van der Waals surface area contributed by atoms with Gasteiger partial charge in [-0.05, 0) is 60.4 Å². The molecule has 0 saturated carbocycles. The second-order valence-electron chi connectivity index (χ2n) is 6.53. The van der Waals surface area contributed by atoms with Crippen molar-refractivity contribution < 1.29 is 4.57 Å². The highest BCUT2D eigenvalue weighted by atomic mass is 14.9. The van der Waals surface area contributed by atoms with Crippen molar-refractivity contribution in [2.24, 2.45) is 7.05 Å². The number of aryl methyl sites for hydroxylation is 3. The molecule has 0 amide bonds. The molecule has 0 aliphatic heterocycles. The molecule has 1 aromatic heterocycles. The molecule has 20 heavy (non-hydrogen) atoms. The number of pyridine rings is 1. The van der Waals surface area contributed by atoms with Gasteiger partial charge in [-0.1, -0.05) is 19.9 Å². The van der Waals surface area contributed by atoms with Crippen molar-refractivity contribution in [1.29, 1.82) is 0 Å². The summed E-state index contributed by atoms with van der Waals surface area (Å²) in [5.74, 6) is 1.40. The van der Waals surface area contributed by atoms with Gasteiger partial charge >= 0.3 is 0 Å². The molecule has 1 aliphatic carbocycles. The predicted molar refractivity (Wildman–Crippen MR) is 84.0 cm³/mol. The molecule has 1 aromatic carbocycles. The summed E-state index contributed by atoms with van der Waals surface area (Å²) in [5.41, 5.74) is 8.53. The van der Waals surface area contributed by atoms with Gasteiger partial charge in [0.1, 0.15) is 7.05 Å². The molecule has 0 bridgehead atoms. The third kappa shape index (κ3) is 2.06. The number of rotatable bonds is 1. The summed E-state index contributed by atoms with van der Waals surface area (Å²) in [5, 5.41) is 0. The minimum atomic E-state index is 0.689. The van der Waals surface area contributed by atoms with Crippen LogP contribution in [0.25, 0.3) is 11.3 Å². The van der Waals surface area contributed by atoms with E-state index in [-0.39, 0.29) is 0 Å². The topological polar surface area (TPSA) is 3.88 Å². The fourth-order valence-corrected chi connectivity index (χ4v) is 3.60. The SMILES string of the molecule is Cc1cc[n+](C)c(-c2cc3c(cc2C)C(C)CC3C)c1. The lowest BCUT2D eigenvalue weighted by Gasteiger charge is -2.11. The third-order valence-electron chi connectivity index (χ3n) is 4.78. The van der Waals surface area contributed by atoms with Gasteiger partial charge in [-0.2, -0.15) is 0 Å². The van der Waals surface area contributed by atoms with Crippen molar-refractivity contribution in [3.8, 4) is 11.3 Å². The fraction of sp³-hybridized carbons (Fsp3) is 0.421. The zero-order valence-electron chi connectivity index (χ0n) is 13.2. The van der Waals surface area contributed by atoms with E-state index in [2.05, 4.69) is 69.8 Å². The van der Waals surface area contributed by atoms with E-state index >= 15 is 0 Å². The maximum Gasteiger partial charge on any atom is 0.212 e. The molecule has 2 atom stereocenters. The summed E-state index contributed by atoms with van der Waals surface area (Å²) in [7, 11) is 2.13. The van der Waals surface area contributed by atoms with E-state index in [0.717, 1.165) is 0 Å². The van der Waals surface area contributed by atoms with E-state index in [9.17, 15) is 0 Å². The minimum Gasteiger partial charge on any atom is -0.201 e. The average molecular weight is 266 g/mol. The summed E-state index contributed by atoms with van der Waals surface area (Å²) >= 11 is 0. The maximum atomic E-state index is 2.44.